The van der Waals surface area contributed by atoms with Gasteiger partial charge in [-0.3, -0.25) is 14.5 Å². The zero-order valence-electron chi connectivity index (χ0n) is 16.6. The first-order valence-electron chi connectivity index (χ1n) is 9.80. The minimum absolute atomic E-state index is 0.0676. The molecule has 0 fully saturated rings. The summed E-state index contributed by atoms with van der Waals surface area (Å²) < 4.78 is 0. The molecule has 0 bridgehead atoms. The molecule has 1 aliphatic heterocycles. The van der Waals surface area contributed by atoms with Crippen LogP contribution in [0.15, 0.2) is 41.2 Å². The first kappa shape index (κ1) is 19.7. The molecule has 0 radical (unpaired) electrons. The van der Waals surface area contributed by atoms with Crippen molar-refractivity contribution in [2.75, 3.05) is 13.1 Å². The summed E-state index contributed by atoms with van der Waals surface area (Å²) in [6, 6.07) is 11.4. The number of hydrogen-bond acceptors (Lipinski definition) is 3. The first-order valence-corrected chi connectivity index (χ1v) is 10.2. The largest absolute Gasteiger partial charge is 0.358 e. The molecule has 0 unspecified atom stereocenters. The maximum atomic E-state index is 13.1. The van der Waals surface area contributed by atoms with E-state index in [2.05, 4.69) is 17.2 Å². The van der Waals surface area contributed by atoms with Gasteiger partial charge in [0.05, 0.1) is 12.1 Å². The normalized spacial score (nSPS) is 14.0. The Balaban J connectivity index is 1.48. The van der Waals surface area contributed by atoms with Gasteiger partial charge in [-0.05, 0) is 42.7 Å². The third kappa shape index (κ3) is 3.93. The fraction of sp³-hybridized carbons (Fsp3) is 0.304. The smallest absolute Gasteiger partial charge is 0.234 e. The van der Waals surface area contributed by atoms with Crippen molar-refractivity contribution in [1.82, 2.24) is 15.2 Å². The van der Waals surface area contributed by atoms with Crippen molar-refractivity contribution in [3.63, 3.8) is 0 Å². The number of pyridine rings is 1. The molecule has 2 aromatic carbocycles. The van der Waals surface area contributed by atoms with Crippen molar-refractivity contribution < 1.29 is 4.79 Å². The number of aromatic amines is 1. The van der Waals surface area contributed by atoms with E-state index < -0.39 is 0 Å². The summed E-state index contributed by atoms with van der Waals surface area (Å²) >= 11 is 6.14. The predicted octanol–water partition coefficient (Wildman–Crippen LogP) is 3.47. The Kier molecular flexibility index (Phi) is 5.43. The van der Waals surface area contributed by atoms with E-state index in [9.17, 15) is 9.59 Å². The van der Waals surface area contributed by atoms with Crippen molar-refractivity contribution in [2.24, 2.45) is 0 Å². The van der Waals surface area contributed by atoms with Gasteiger partial charge in [0, 0.05) is 47.7 Å². The number of hydrogen-bond donors (Lipinski definition) is 2. The van der Waals surface area contributed by atoms with E-state index in [1.165, 1.54) is 5.56 Å². The lowest BCUT2D eigenvalue weighted by Crippen LogP contribution is -2.41. The summed E-state index contributed by atoms with van der Waals surface area (Å²) in [4.78, 5) is 31.0. The number of nitrogens with one attached hydrogen (secondary N) is 2. The number of benzene rings is 2. The van der Waals surface area contributed by atoms with Crippen LogP contribution in [0.2, 0.25) is 5.02 Å². The number of nitrogens with zero attached hydrogens (tertiary/aromatic N) is 1. The summed E-state index contributed by atoms with van der Waals surface area (Å²) in [6.07, 6.45) is 0.728. The van der Waals surface area contributed by atoms with Crippen LogP contribution in [0.4, 0.5) is 0 Å². The molecule has 1 aliphatic rings. The summed E-state index contributed by atoms with van der Waals surface area (Å²) in [5, 5.41) is 4.28. The fourth-order valence-electron chi connectivity index (χ4n) is 3.87. The Morgan fingerprint density at radius 1 is 1.21 bits per heavy atom. The summed E-state index contributed by atoms with van der Waals surface area (Å²) in [7, 11) is 0. The molecule has 2 N–H and O–H groups in total. The lowest BCUT2D eigenvalue weighted by atomic mass is 9.99. The number of fused-ring (bicyclic) bond motifs is 2. The summed E-state index contributed by atoms with van der Waals surface area (Å²) in [5.74, 6) is -0.0722. The fourth-order valence-corrected chi connectivity index (χ4v) is 4.08. The molecular weight excluding hydrogens is 386 g/mol. The van der Waals surface area contributed by atoms with Gasteiger partial charge in [-0.2, -0.15) is 0 Å². The third-order valence-corrected chi connectivity index (χ3v) is 6.12. The Morgan fingerprint density at radius 3 is 2.79 bits per heavy atom. The molecule has 2 heterocycles. The van der Waals surface area contributed by atoms with Crippen molar-refractivity contribution in [1.29, 1.82) is 0 Å². The van der Waals surface area contributed by atoms with Gasteiger partial charge in [0.15, 0.2) is 5.43 Å². The maximum absolute atomic E-state index is 13.1. The molecular formula is C23H24ClN3O2. The average molecular weight is 410 g/mol. The van der Waals surface area contributed by atoms with Crippen molar-refractivity contribution >= 4 is 28.4 Å². The topological polar surface area (TPSA) is 65.2 Å². The van der Waals surface area contributed by atoms with Gasteiger partial charge in [-0.25, -0.2) is 0 Å². The second-order valence-electron chi connectivity index (χ2n) is 7.67. The molecule has 0 aliphatic carbocycles. The molecule has 150 valence electrons. The lowest BCUT2D eigenvalue weighted by molar-refractivity contribution is -0.122. The Bertz CT molecular complexity index is 1150. The van der Waals surface area contributed by atoms with E-state index in [1.807, 2.05) is 48.2 Å². The Labute approximate surface area is 174 Å². The zero-order valence-corrected chi connectivity index (χ0v) is 17.4. The highest BCUT2D eigenvalue weighted by molar-refractivity contribution is 6.31. The SMILES string of the molecule is Cc1ccc2c(=O)c3c([nH]c2c1C)CCN(CC(=O)NCc1ccccc1Cl)C3. The van der Waals surface area contributed by atoms with Gasteiger partial charge in [-0.15, -0.1) is 0 Å². The zero-order chi connectivity index (χ0) is 20.5. The van der Waals surface area contributed by atoms with Gasteiger partial charge >= 0.3 is 0 Å². The molecule has 1 aromatic heterocycles. The maximum Gasteiger partial charge on any atom is 0.234 e. The molecule has 0 spiro atoms. The van der Waals surface area contributed by atoms with Gasteiger partial charge in [-0.1, -0.05) is 35.9 Å². The van der Waals surface area contributed by atoms with E-state index >= 15 is 0 Å². The quantitative estimate of drug-likeness (QED) is 0.693. The Morgan fingerprint density at radius 2 is 2.00 bits per heavy atom. The number of aromatic nitrogens is 1. The van der Waals surface area contributed by atoms with Crippen LogP contribution < -0.4 is 10.7 Å². The molecule has 6 heteroatoms. The predicted molar refractivity (Wildman–Crippen MR) is 116 cm³/mol. The molecule has 0 saturated carbocycles. The number of rotatable bonds is 4. The number of halogens is 1. The Hall–Kier alpha value is -2.63. The molecule has 1 amide bonds. The van der Waals surface area contributed by atoms with E-state index in [0.717, 1.165) is 46.3 Å². The summed E-state index contributed by atoms with van der Waals surface area (Å²) in [5.41, 5.74) is 5.93. The highest BCUT2D eigenvalue weighted by atomic mass is 35.5. The number of carbonyl (C=O) groups is 1. The average Bonchev–Trinajstić information content (AvgIpc) is 2.71. The van der Waals surface area contributed by atoms with Crippen molar-refractivity contribution in [3.05, 3.63) is 79.6 Å². The number of aryl methyl sites for hydroxylation is 2. The van der Waals surface area contributed by atoms with Crippen LogP contribution in [0.5, 0.6) is 0 Å². The van der Waals surface area contributed by atoms with Crippen molar-refractivity contribution in [2.45, 2.75) is 33.4 Å². The number of H-pyrrole nitrogens is 1. The van der Waals surface area contributed by atoms with Crippen molar-refractivity contribution in [3.8, 4) is 0 Å². The van der Waals surface area contributed by atoms with Crippen LogP contribution in [0.3, 0.4) is 0 Å². The third-order valence-electron chi connectivity index (χ3n) is 5.76. The summed E-state index contributed by atoms with van der Waals surface area (Å²) in [6.45, 7) is 5.96. The van der Waals surface area contributed by atoms with Gasteiger partial charge in [0.25, 0.3) is 0 Å². The molecule has 29 heavy (non-hydrogen) atoms. The highest BCUT2D eigenvalue weighted by Gasteiger charge is 2.23. The molecule has 0 saturated heterocycles. The van der Waals surface area contributed by atoms with E-state index in [-0.39, 0.29) is 17.9 Å². The number of amides is 1. The van der Waals surface area contributed by atoms with Crippen LogP contribution in [-0.2, 0) is 24.3 Å². The first-order chi connectivity index (χ1) is 13.9. The monoisotopic (exact) mass is 409 g/mol. The van der Waals surface area contributed by atoms with Gasteiger partial charge in [0.1, 0.15) is 0 Å². The van der Waals surface area contributed by atoms with Crippen LogP contribution in [0, 0.1) is 13.8 Å². The van der Waals surface area contributed by atoms with Crippen LogP contribution >= 0.6 is 11.6 Å². The highest BCUT2D eigenvalue weighted by Crippen LogP contribution is 2.22. The van der Waals surface area contributed by atoms with E-state index in [4.69, 9.17) is 11.6 Å². The van der Waals surface area contributed by atoms with E-state index in [1.54, 1.807) is 0 Å². The van der Waals surface area contributed by atoms with E-state index in [0.29, 0.717) is 18.1 Å². The minimum Gasteiger partial charge on any atom is -0.358 e. The standard InChI is InChI=1S/C23H24ClN3O2/c1-14-7-8-17-22(15(14)2)26-20-9-10-27(12-18(20)23(17)29)13-21(28)25-11-16-5-3-4-6-19(16)24/h3-8H,9-13H2,1-2H3,(H,25,28)(H,26,29). The van der Waals surface area contributed by atoms with Crippen LogP contribution in [-0.4, -0.2) is 28.9 Å². The minimum atomic E-state index is -0.0722. The lowest BCUT2D eigenvalue weighted by Gasteiger charge is -2.28. The molecule has 4 rings (SSSR count). The van der Waals surface area contributed by atoms with Gasteiger partial charge < -0.3 is 10.3 Å². The number of carbonyl (C=O) groups excluding carboxylic acids is 1. The van der Waals surface area contributed by atoms with Crippen LogP contribution in [0.25, 0.3) is 10.9 Å². The molecule has 3 aromatic rings. The van der Waals surface area contributed by atoms with Gasteiger partial charge in [0.2, 0.25) is 5.91 Å². The van der Waals surface area contributed by atoms with Crippen LogP contribution in [0.1, 0.15) is 27.9 Å². The second-order valence-corrected chi connectivity index (χ2v) is 8.08. The molecule has 0 atom stereocenters. The second kappa shape index (κ2) is 8.01. The molecule has 5 nitrogen and oxygen atoms in total.